The Morgan fingerprint density at radius 2 is 2.10 bits per heavy atom. The maximum Gasteiger partial charge on any atom is 0.492 e. The van der Waals surface area contributed by atoms with E-state index in [9.17, 15) is 27.6 Å². The van der Waals surface area contributed by atoms with Crippen molar-refractivity contribution < 1.29 is 37.1 Å². The van der Waals surface area contributed by atoms with Crippen LogP contribution in [-0.2, 0) is 36.9 Å². The average molecular weight is 449 g/mol. The Bertz CT molecular complexity index is 809. The molecule has 1 aromatic heterocycles. The van der Waals surface area contributed by atoms with Gasteiger partial charge in [-0.1, -0.05) is 17.8 Å². The minimum absolute atomic E-state index is 0.0519. The number of hydrogen-bond donors (Lipinski definition) is 0. The van der Waals surface area contributed by atoms with Crippen molar-refractivity contribution in [3.8, 4) is 0 Å². The van der Waals surface area contributed by atoms with E-state index in [1.165, 1.54) is 13.1 Å². The van der Waals surface area contributed by atoms with Gasteiger partial charge in [-0.3, -0.25) is 14.3 Å². The molecule has 2 rings (SSSR count). The molecule has 1 fully saturated rings. The van der Waals surface area contributed by atoms with Gasteiger partial charge in [-0.05, 0) is 18.9 Å². The van der Waals surface area contributed by atoms with Crippen LogP contribution >= 0.6 is 11.8 Å². The van der Waals surface area contributed by atoms with Crippen LogP contribution in [0.3, 0.4) is 0 Å². The highest BCUT2D eigenvalue weighted by Crippen LogP contribution is 2.29. The molecule has 1 atom stereocenters. The molecular formula is C18H22F3N3O5S. The standard InChI is InChI=1S/C18H22F3N3O5S/c1-3-28-16(26)8-13-9-22-23(10-13)6-4-14-11-24(29-17(27)18(19,20)21)7-5-15(14)30-12(2)25/h4,9-10,15H,3,5-8,11H2,1-2H3/b14-4+. The number of allylic oxidation sites excluding steroid dienone is 1. The highest BCUT2D eigenvalue weighted by Gasteiger charge is 2.43. The second-order valence-electron chi connectivity index (χ2n) is 6.46. The molecule has 0 saturated carbocycles. The Balaban J connectivity index is 2.06. The van der Waals surface area contributed by atoms with Crippen LogP contribution in [0.4, 0.5) is 13.2 Å². The number of piperidine rings is 1. The van der Waals surface area contributed by atoms with E-state index in [2.05, 4.69) is 9.94 Å². The number of aromatic nitrogens is 2. The van der Waals surface area contributed by atoms with Gasteiger partial charge >= 0.3 is 18.1 Å². The molecule has 30 heavy (non-hydrogen) atoms. The van der Waals surface area contributed by atoms with Crippen molar-refractivity contribution in [2.75, 3.05) is 19.7 Å². The predicted molar refractivity (Wildman–Crippen MR) is 101 cm³/mol. The van der Waals surface area contributed by atoms with Gasteiger partial charge in [0.1, 0.15) is 0 Å². The molecule has 0 aliphatic carbocycles. The lowest BCUT2D eigenvalue weighted by atomic mass is 10.1. The van der Waals surface area contributed by atoms with Crippen molar-refractivity contribution in [2.45, 2.75) is 44.7 Å². The van der Waals surface area contributed by atoms with Gasteiger partial charge in [-0.2, -0.15) is 18.3 Å². The van der Waals surface area contributed by atoms with Crippen molar-refractivity contribution in [3.05, 3.63) is 29.6 Å². The molecule has 0 radical (unpaired) electrons. The van der Waals surface area contributed by atoms with E-state index in [0.29, 0.717) is 17.6 Å². The first kappa shape index (κ1) is 23.9. The second-order valence-corrected chi connectivity index (χ2v) is 7.84. The molecule has 1 aromatic rings. The average Bonchev–Trinajstić information content (AvgIpc) is 3.08. The Hall–Kier alpha value is -2.34. The fourth-order valence-corrected chi connectivity index (χ4v) is 3.74. The largest absolute Gasteiger partial charge is 0.492 e. The van der Waals surface area contributed by atoms with Gasteiger partial charge in [0.2, 0.25) is 0 Å². The summed E-state index contributed by atoms with van der Waals surface area (Å²) in [6.07, 6.45) is 0.248. The summed E-state index contributed by atoms with van der Waals surface area (Å²) in [5.41, 5.74) is 1.31. The van der Waals surface area contributed by atoms with E-state index in [1.54, 1.807) is 23.9 Å². The molecule has 1 aliphatic heterocycles. The van der Waals surface area contributed by atoms with Crippen LogP contribution in [0.1, 0.15) is 25.8 Å². The Kier molecular flexibility index (Phi) is 8.47. The molecule has 2 heterocycles. The van der Waals surface area contributed by atoms with Crippen LogP contribution in [0.2, 0.25) is 0 Å². The lowest BCUT2D eigenvalue weighted by molar-refractivity contribution is -0.238. The van der Waals surface area contributed by atoms with E-state index >= 15 is 0 Å². The van der Waals surface area contributed by atoms with Gasteiger partial charge in [0.25, 0.3) is 0 Å². The van der Waals surface area contributed by atoms with E-state index in [4.69, 9.17) is 4.74 Å². The monoisotopic (exact) mass is 449 g/mol. The van der Waals surface area contributed by atoms with Gasteiger partial charge in [0, 0.05) is 30.5 Å². The van der Waals surface area contributed by atoms with Gasteiger partial charge in [0.05, 0.1) is 32.3 Å². The number of rotatable bonds is 7. The van der Waals surface area contributed by atoms with Gasteiger partial charge in [-0.15, -0.1) is 5.06 Å². The molecule has 166 valence electrons. The summed E-state index contributed by atoms with van der Waals surface area (Å²) in [7, 11) is 0. The van der Waals surface area contributed by atoms with E-state index in [0.717, 1.165) is 16.8 Å². The van der Waals surface area contributed by atoms with Crippen LogP contribution in [0.15, 0.2) is 24.0 Å². The van der Waals surface area contributed by atoms with Crippen molar-refractivity contribution in [3.63, 3.8) is 0 Å². The Morgan fingerprint density at radius 3 is 2.73 bits per heavy atom. The van der Waals surface area contributed by atoms with E-state index in [1.807, 2.05) is 0 Å². The molecule has 0 spiro atoms. The fraction of sp³-hybridized carbons (Fsp3) is 0.556. The van der Waals surface area contributed by atoms with Crippen molar-refractivity contribution >= 4 is 28.8 Å². The molecule has 1 aliphatic rings. The topological polar surface area (TPSA) is 90.7 Å². The van der Waals surface area contributed by atoms with Crippen molar-refractivity contribution in [1.82, 2.24) is 14.8 Å². The SMILES string of the molecule is CCOC(=O)Cc1cnn(C/C=C2\CN(OC(=O)C(F)(F)F)CCC2SC(C)=O)c1. The highest BCUT2D eigenvalue weighted by molar-refractivity contribution is 8.14. The Labute approximate surface area is 175 Å². The number of esters is 1. The first-order chi connectivity index (χ1) is 14.1. The third kappa shape index (κ3) is 7.48. The summed E-state index contributed by atoms with van der Waals surface area (Å²) in [6, 6.07) is 0. The van der Waals surface area contributed by atoms with Crippen LogP contribution in [0.5, 0.6) is 0 Å². The van der Waals surface area contributed by atoms with Crippen LogP contribution in [-0.4, -0.2) is 63.0 Å². The van der Waals surface area contributed by atoms with Crippen LogP contribution in [0.25, 0.3) is 0 Å². The molecule has 1 unspecified atom stereocenters. The molecular weight excluding hydrogens is 427 g/mol. The molecule has 0 aromatic carbocycles. The summed E-state index contributed by atoms with van der Waals surface area (Å²) in [5.74, 6) is -2.65. The normalized spacial score (nSPS) is 19.0. The lowest BCUT2D eigenvalue weighted by Gasteiger charge is -2.32. The highest BCUT2D eigenvalue weighted by atomic mass is 32.2. The number of alkyl halides is 3. The summed E-state index contributed by atoms with van der Waals surface area (Å²) < 4.78 is 43.8. The maximum atomic E-state index is 12.5. The minimum atomic E-state index is -5.08. The fourth-order valence-electron chi connectivity index (χ4n) is 2.80. The summed E-state index contributed by atoms with van der Waals surface area (Å²) in [4.78, 5) is 38.6. The van der Waals surface area contributed by atoms with Gasteiger partial charge in [-0.25, -0.2) is 4.79 Å². The first-order valence-corrected chi connectivity index (χ1v) is 10.0. The molecule has 8 nitrogen and oxygen atoms in total. The summed E-state index contributed by atoms with van der Waals surface area (Å²) in [6.45, 7) is 3.70. The zero-order valence-corrected chi connectivity index (χ0v) is 17.3. The number of ether oxygens (including phenoxy) is 1. The second kappa shape index (κ2) is 10.6. The molecule has 12 heteroatoms. The number of thioether (sulfide) groups is 1. The number of halogens is 3. The van der Waals surface area contributed by atoms with Crippen LogP contribution < -0.4 is 0 Å². The number of nitrogens with zero attached hydrogens (tertiary/aromatic N) is 3. The zero-order chi connectivity index (χ0) is 22.3. The lowest BCUT2D eigenvalue weighted by Crippen LogP contribution is -2.41. The molecule has 0 bridgehead atoms. The zero-order valence-electron chi connectivity index (χ0n) is 16.5. The van der Waals surface area contributed by atoms with Gasteiger partial charge in [0.15, 0.2) is 5.12 Å². The number of hydrogen-bond acceptors (Lipinski definition) is 8. The van der Waals surface area contributed by atoms with Crippen molar-refractivity contribution in [2.24, 2.45) is 0 Å². The first-order valence-electron chi connectivity index (χ1n) is 9.15. The van der Waals surface area contributed by atoms with Crippen molar-refractivity contribution in [1.29, 1.82) is 0 Å². The number of hydroxylamine groups is 2. The minimum Gasteiger partial charge on any atom is -0.466 e. The molecule has 0 N–H and O–H groups in total. The Morgan fingerprint density at radius 1 is 1.37 bits per heavy atom. The summed E-state index contributed by atoms with van der Waals surface area (Å²) >= 11 is 1.08. The quantitative estimate of drug-likeness (QED) is 0.463. The number of carbonyl (C=O) groups is 3. The number of carbonyl (C=O) groups excluding carboxylic acids is 3. The predicted octanol–water partition coefficient (Wildman–Crippen LogP) is 2.29. The van der Waals surface area contributed by atoms with Gasteiger partial charge < -0.3 is 9.57 Å². The maximum absolute atomic E-state index is 12.5. The molecule has 1 saturated heterocycles. The third-order valence-electron chi connectivity index (χ3n) is 4.05. The summed E-state index contributed by atoms with van der Waals surface area (Å²) in [5, 5.41) is 4.72. The van der Waals surface area contributed by atoms with Crippen LogP contribution in [0, 0.1) is 0 Å². The van der Waals surface area contributed by atoms with E-state index in [-0.39, 0.29) is 49.0 Å². The molecule has 0 amide bonds. The van der Waals surface area contributed by atoms with E-state index < -0.39 is 12.1 Å². The third-order valence-corrected chi connectivity index (χ3v) is 5.20. The smallest absolute Gasteiger partial charge is 0.466 e.